The summed E-state index contributed by atoms with van der Waals surface area (Å²) in [6.07, 6.45) is 1.82. The van der Waals surface area contributed by atoms with Crippen molar-refractivity contribution in [2.45, 2.75) is 33.6 Å². The first-order chi connectivity index (χ1) is 8.94. The zero-order valence-electron chi connectivity index (χ0n) is 12.4. The molecule has 1 amide bonds. The second kappa shape index (κ2) is 6.45. The zero-order chi connectivity index (χ0) is 14.5. The van der Waals surface area contributed by atoms with Gasteiger partial charge < -0.3 is 14.8 Å². The number of methoxy groups -OCH3 is 2. The number of benzene rings is 1. The van der Waals surface area contributed by atoms with Crippen molar-refractivity contribution in [2.24, 2.45) is 5.41 Å². The van der Waals surface area contributed by atoms with Gasteiger partial charge in [0.2, 0.25) is 5.91 Å². The number of hydrogen-bond acceptors (Lipinski definition) is 3. The SMILES string of the molecule is CCCC(C)(C)C(=O)Nc1ccc(OC)cc1OC. The summed E-state index contributed by atoms with van der Waals surface area (Å²) in [4.78, 5) is 12.2. The summed E-state index contributed by atoms with van der Waals surface area (Å²) in [6.45, 7) is 5.96. The Morgan fingerprint density at radius 3 is 2.47 bits per heavy atom. The van der Waals surface area contributed by atoms with Crippen LogP contribution >= 0.6 is 0 Å². The van der Waals surface area contributed by atoms with E-state index in [-0.39, 0.29) is 11.3 Å². The van der Waals surface area contributed by atoms with Crippen LogP contribution in [0.5, 0.6) is 11.5 Å². The molecule has 0 aliphatic carbocycles. The van der Waals surface area contributed by atoms with Crippen LogP contribution in [-0.2, 0) is 4.79 Å². The Kier molecular flexibility index (Phi) is 5.21. The molecule has 1 rings (SSSR count). The maximum Gasteiger partial charge on any atom is 0.230 e. The molecular weight excluding hydrogens is 242 g/mol. The molecule has 0 atom stereocenters. The smallest absolute Gasteiger partial charge is 0.230 e. The molecule has 1 aromatic carbocycles. The van der Waals surface area contributed by atoms with Gasteiger partial charge in [0.15, 0.2) is 0 Å². The van der Waals surface area contributed by atoms with E-state index >= 15 is 0 Å². The van der Waals surface area contributed by atoms with Crippen molar-refractivity contribution in [1.82, 2.24) is 0 Å². The highest BCUT2D eigenvalue weighted by Crippen LogP contribution is 2.31. The van der Waals surface area contributed by atoms with E-state index in [4.69, 9.17) is 9.47 Å². The number of nitrogens with one attached hydrogen (secondary N) is 1. The molecule has 0 spiro atoms. The van der Waals surface area contributed by atoms with Crippen LogP contribution in [0.2, 0.25) is 0 Å². The van der Waals surface area contributed by atoms with Gasteiger partial charge in [0.05, 0.1) is 19.9 Å². The quantitative estimate of drug-likeness (QED) is 0.856. The number of carbonyl (C=O) groups excluding carboxylic acids is 1. The number of amides is 1. The molecule has 0 saturated carbocycles. The van der Waals surface area contributed by atoms with E-state index < -0.39 is 0 Å². The first-order valence-corrected chi connectivity index (χ1v) is 6.48. The molecular formula is C15H23NO3. The van der Waals surface area contributed by atoms with E-state index in [0.717, 1.165) is 12.8 Å². The lowest BCUT2D eigenvalue weighted by atomic mass is 9.87. The van der Waals surface area contributed by atoms with E-state index in [1.807, 2.05) is 13.8 Å². The molecule has 0 bridgehead atoms. The molecule has 1 N–H and O–H groups in total. The van der Waals surface area contributed by atoms with Crippen molar-refractivity contribution in [1.29, 1.82) is 0 Å². The third-order valence-corrected chi connectivity index (χ3v) is 3.15. The fourth-order valence-corrected chi connectivity index (χ4v) is 1.93. The van der Waals surface area contributed by atoms with Gasteiger partial charge >= 0.3 is 0 Å². The Labute approximate surface area is 115 Å². The van der Waals surface area contributed by atoms with Crippen LogP contribution in [0.15, 0.2) is 18.2 Å². The van der Waals surface area contributed by atoms with Crippen LogP contribution in [0.3, 0.4) is 0 Å². The van der Waals surface area contributed by atoms with E-state index in [2.05, 4.69) is 12.2 Å². The Bertz CT molecular complexity index is 441. The van der Waals surface area contributed by atoms with Crippen LogP contribution in [0.25, 0.3) is 0 Å². The fraction of sp³-hybridized carbons (Fsp3) is 0.533. The van der Waals surface area contributed by atoms with Gasteiger partial charge in [-0.1, -0.05) is 27.2 Å². The minimum absolute atomic E-state index is 0.00202. The predicted molar refractivity (Wildman–Crippen MR) is 76.9 cm³/mol. The average Bonchev–Trinajstić information content (AvgIpc) is 2.39. The van der Waals surface area contributed by atoms with Crippen LogP contribution in [0.1, 0.15) is 33.6 Å². The second-order valence-corrected chi connectivity index (χ2v) is 5.15. The molecule has 4 heteroatoms. The lowest BCUT2D eigenvalue weighted by Crippen LogP contribution is -2.30. The van der Waals surface area contributed by atoms with Crippen molar-refractivity contribution in [3.8, 4) is 11.5 Å². The van der Waals surface area contributed by atoms with Crippen LogP contribution < -0.4 is 14.8 Å². The van der Waals surface area contributed by atoms with E-state index in [1.165, 1.54) is 0 Å². The standard InChI is InChI=1S/C15H23NO3/c1-6-9-15(2,3)14(17)16-12-8-7-11(18-4)10-13(12)19-5/h7-8,10H,6,9H2,1-5H3,(H,16,17). The molecule has 0 saturated heterocycles. The van der Waals surface area contributed by atoms with Gasteiger partial charge in [0.25, 0.3) is 0 Å². The lowest BCUT2D eigenvalue weighted by molar-refractivity contribution is -0.124. The molecule has 0 radical (unpaired) electrons. The van der Waals surface area contributed by atoms with E-state index in [9.17, 15) is 4.79 Å². The van der Waals surface area contributed by atoms with Gasteiger partial charge in [0, 0.05) is 11.5 Å². The first-order valence-electron chi connectivity index (χ1n) is 6.48. The molecule has 1 aromatic rings. The Hall–Kier alpha value is -1.71. The first kappa shape index (κ1) is 15.3. The summed E-state index contributed by atoms with van der Waals surface area (Å²) in [5.74, 6) is 1.29. The summed E-state index contributed by atoms with van der Waals surface area (Å²) in [7, 11) is 3.17. The van der Waals surface area contributed by atoms with Crippen LogP contribution in [0.4, 0.5) is 5.69 Å². The van der Waals surface area contributed by atoms with Crippen molar-refractivity contribution in [3.05, 3.63) is 18.2 Å². The van der Waals surface area contributed by atoms with Gasteiger partial charge in [-0.2, -0.15) is 0 Å². The van der Waals surface area contributed by atoms with Crippen molar-refractivity contribution in [2.75, 3.05) is 19.5 Å². The average molecular weight is 265 g/mol. The van der Waals surface area contributed by atoms with Gasteiger partial charge in [-0.05, 0) is 18.6 Å². The molecule has 4 nitrogen and oxygen atoms in total. The topological polar surface area (TPSA) is 47.6 Å². The van der Waals surface area contributed by atoms with Crippen LogP contribution in [0, 0.1) is 5.41 Å². The highest BCUT2D eigenvalue weighted by atomic mass is 16.5. The summed E-state index contributed by atoms with van der Waals surface area (Å²) < 4.78 is 10.4. The molecule has 0 aliphatic rings. The van der Waals surface area contributed by atoms with Gasteiger partial charge in [-0.3, -0.25) is 4.79 Å². The molecule has 0 aromatic heterocycles. The maximum atomic E-state index is 12.2. The molecule has 0 aliphatic heterocycles. The van der Waals surface area contributed by atoms with Crippen molar-refractivity contribution >= 4 is 11.6 Å². The van der Waals surface area contributed by atoms with Gasteiger partial charge in [0.1, 0.15) is 11.5 Å². The molecule has 19 heavy (non-hydrogen) atoms. The Morgan fingerprint density at radius 2 is 1.95 bits per heavy atom. The summed E-state index contributed by atoms with van der Waals surface area (Å²) >= 11 is 0. The largest absolute Gasteiger partial charge is 0.497 e. The Morgan fingerprint density at radius 1 is 1.26 bits per heavy atom. The minimum atomic E-state index is -0.389. The highest BCUT2D eigenvalue weighted by Gasteiger charge is 2.27. The molecule has 0 fully saturated rings. The summed E-state index contributed by atoms with van der Waals surface area (Å²) in [6, 6.07) is 5.34. The van der Waals surface area contributed by atoms with Crippen LogP contribution in [-0.4, -0.2) is 20.1 Å². The number of carbonyl (C=O) groups is 1. The third kappa shape index (κ3) is 3.88. The number of ether oxygens (including phenoxy) is 2. The normalized spacial score (nSPS) is 11.0. The monoisotopic (exact) mass is 265 g/mol. The highest BCUT2D eigenvalue weighted by molar-refractivity contribution is 5.96. The fourth-order valence-electron chi connectivity index (χ4n) is 1.93. The van der Waals surface area contributed by atoms with Gasteiger partial charge in [-0.15, -0.1) is 0 Å². The molecule has 0 heterocycles. The number of rotatable bonds is 6. The summed E-state index contributed by atoms with van der Waals surface area (Å²) in [5, 5.41) is 2.92. The minimum Gasteiger partial charge on any atom is -0.497 e. The Balaban J connectivity index is 2.90. The predicted octanol–water partition coefficient (Wildman–Crippen LogP) is 3.47. The van der Waals surface area contributed by atoms with Gasteiger partial charge in [-0.25, -0.2) is 0 Å². The lowest BCUT2D eigenvalue weighted by Gasteiger charge is -2.23. The van der Waals surface area contributed by atoms with E-state index in [0.29, 0.717) is 17.2 Å². The maximum absolute atomic E-state index is 12.2. The second-order valence-electron chi connectivity index (χ2n) is 5.15. The van der Waals surface area contributed by atoms with Crippen molar-refractivity contribution in [3.63, 3.8) is 0 Å². The summed E-state index contributed by atoms with van der Waals surface area (Å²) in [5.41, 5.74) is 0.275. The van der Waals surface area contributed by atoms with Crippen molar-refractivity contribution < 1.29 is 14.3 Å². The molecule has 0 unspecified atom stereocenters. The zero-order valence-corrected chi connectivity index (χ0v) is 12.4. The molecule has 106 valence electrons. The number of anilines is 1. The number of hydrogen-bond donors (Lipinski definition) is 1. The third-order valence-electron chi connectivity index (χ3n) is 3.15. The van der Waals surface area contributed by atoms with E-state index in [1.54, 1.807) is 32.4 Å².